The third-order valence-corrected chi connectivity index (χ3v) is 8.67. The molecular weight excluding hydrogens is 452 g/mol. The van der Waals surface area contributed by atoms with Crippen LogP contribution in [0.15, 0.2) is 29.1 Å². The van der Waals surface area contributed by atoms with E-state index in [0.29, 0.717) is 17.3 Å². The van der Waals surface area contributed by atoms with E-state index in [2.05, 4.69) is 41.1 Å². The van der Waals surface area contributed by atoms with Crippen molar-refractivity contribution < 1.29 is 4.79 Å². The molecule has 3 heterocycles. The molecule has 0 atom stereocenters. The van der Waals surface area contributed by atoms with Gasteiger partial charge in [-0.15, -0.1) is 23.1 Å². The van der Waals surface area contributed by atoms with Crippen LogP contribution in [-0.4, -0.2) is 57.6 Å². The van der Waals surface area contributed by atoms with Gasteiger partial charge in [-0.3, -0.25) is 14.5 Å². The maximum absolute atomic E-state index is 12.7. The Kier molecular flexibility index (Phi) is 6.85. The Morgan fingerprint density at radius 1 is 1.18 bits per heavy atom. The fourth-order valence-corrected chi connectivity index (χ4v) is 6.90. The van der Waals surface area contributed by atoms with Crippen molar-refractivity contribution in [1.29, 1.82) is 0 Å². The molecule has 1 aliphatic heterocycles. The van der Waals surface area contributed by atoms with E-state index in [0.717, 1.165) is 62.2 Å². The van der Waals surface area contributed by atoms with Crippen molar-refractivity contribution in [1.82, 2.24) is 19.8 Å². The quantitative estimate of drug-likeness (QED) is 0.580. The summed E-state index contributed by atoms with van der Waals surface area (Å²) in [5.41, 5.74) is 3.80. The average molecular weight is 483 g/mol. The van der Waals surface area contributed by atoms with E-state index in [4.69, 9.17) is 4.98 Å². The number of rotatable bonds is 6. The average Bonchev–Trinajstić information content (AvgIpc) is 3.18. The predicted octanol–water partition coefficient (Wildman–Crippen LogP) is 3.75. The number of carbonyl (C=O) groups is 1. The molecule has 1 fully saturated rings. The van der Waals surface area contributed by atoms with Crippen LogP contribution in [0.25, 0.3) is 10.2 Å². The number of aromatic nitrogens is 2. The molecule has 1 saturated heterocycles. The van der Waals surface area contributed by atoms with Crippen LogP contribution in [0.5, 0.6) is 0 Å². The molecule has 0 unspecified atom stereocenters. The Morgan fingerprint density at radius 3 is 2.82 bits per heavy atom. The summed E-state index contributed by atoms with van der Waals surface area (Å²) in [5.74, 6) is 1.81. The molecule has 1 aliphatic carbocycles. The molecule has 2 aliphatic rings. The lowest BCUT2D eigenvalue weighted by Gasteiger charge is -2.34. The summed E-state index contributed by atoms with van der Waals surface area (Å²) in [5, 5.41) is 0.795. The van der Waals surface area contributed by atoms with Crippen LogP contribution in [0.2, 0.25) is 0 Å². The highest BCUT2D eigenvalue weighted by molar-refractivity contribution is 7.99. The van der Waals surface area contributed by atoms with Crippen molar-refractivity contribution in [3.05, 3.63) is 62.0 Å². The Labute approximate surface area is 202 Å². The first kappa shape index (κ1) is 22.6. The van der Waals surface area contributed by atoms with Crippen molar-refractivity contribution in [3.8, 4) is 0 Å². The topological polar surface area (TPSA) is 69.3 Å². The lowest BCUT2D eigenvalue weighted by Crippen LogP contribution is -2.48. The minimum absolute atomic E-state index is 0.0222. The van der Waals surface area contributed by atoms with Crippen molar-refractivity contribution in [2.45, 2.75) is 44.9 Å². The maximum atomic E-state index is 12.7. The van der Waals surface area contributed by atoms with Gasteiger partial charge in [-0.2, -0.15) is 0 Å². The zero-order chi connectivity index (χ0) is 22.8. The van der Waals surface area contributed by atoms with Crippen LogP contribution in [0.1, 0.15) is 40.2 Å². The number of aryl methyl sites for hydroxylation is 3. The summed E-state index contributed by atoms with van der Waals surface area (Å²) in [6.45, 7) is 6.40. The highest BCUT2D eigenvalue weighted by Gasteiger charge is 2.22. The molecule has 0 saturated carbocycles. The lowest BCUT2D eigenvalue weighted by molar-refractivity contribution is -0.130. The Hall–Kier alpha value is -2.16. The summed E-state index contributed by atoms with van der Waals surface area (Å²) in [6.07, 6.45) is 4.40. The fraction of sp³-hybridized carbons (Fsp3) is 0.480. The maximum Gasteiger partial charge on any atom is 0.259 e. The summed E-state index contributed by atoms with van der Waals surface area (Å²) in [6, 6.07) is 8.63. The number of benzene rings is 1. The molecule has 1 aromatic carbocycles. The van der Waals surface area contributed by atoms with E-state index in [9.17, 15) is 9.59 Å². The molecule has 6 nitrogen and oxygen atoms in total. The smallest absolute Gasteiger partial charge is 0.259 e. The zero-order valence-corrected chi connectivity index (χ0v) is 20.7. The molecule has 1 amide bonds. The number of H-pyrrole nitrogens is 1. The SMILES string of the molecule is Cc1cccc(CN2CCN(C(=O)CSCc3nc4sc5c(c4c(=O)[nH]3)CCCC5)CC2)c1. The van der Waals surface area contributed by atoms with Gasteiger partial charge in [0.05, 0.1) is 16.9 Å². The molecule has 0 radical (unpaired) electrons. The summed E-state index contributed by atoms with van der Waals surface area (Å²) in [4.78, 5) is 39.6. The minimum atomic E-state index is -0.0222. The Bertz CT molecular complexity index is 1210. The van der Waals surface area contributed by atoms with Gasteiger partial charge >= 0.3 is 0 Å². The van der Waals surface area contributed by atoms with E-state index in [1.54, 1.807) is 11.3 Å². The van der Waals surface area contributed by atoms with E-state index in [1.807, 2.05) is 4.90 Å². The van der Waals surface area contributed by atoms with Gasteiger partial charge in [-0.1, -0.05) is 29.8 Å². The molecular formula is C25H30N4O2S2. The van der Waals surface area contributed by atoms with Gasteiger partial charge in [0.1, 0.15) is 10.7 Å². The first-order chi connectivity index (χ1) is 16.1. The molecule has 33 heavy (non-hydrogen) atoms. The third-order valence-electron chi connectivity index (χ3n) is 6.55. The number of nitrogens with zero attached hydrogens (tertiary/aromatic N) is 3. The molecule has 0 spiro atoms. The standard InChI is InChI=1S/C25H30N4O2S2/c1-17-5-4-6-18(13-17)14-28-9-11-29(12-10-28)22(30)16-32-15-21-26-24(31)23-19-7-2-3-8-20(19)33-25(23)27-21/h4-6,13H,2-3,7-12,14-16H2,1H3,(H,26,27,31). The third kappa shape index (κ3) is 5.18. The highest BCUT2D eigenvalue weighted by atomic mass is 32.2. The summed E-state index contributed by atoms with van der Waals surface area (Å²) >= 11 is 3.20. The first-order valence-corrected chi connectivity index (χ1v) is 13.7. The largest absolute Gasteiger partial charge is 0.339 e. The predicted molar refractivity (Wildman–Crippen MR) is 136 cm³/mol. The lowest BCUT2D eigenvalue weighted by atomic mass is 9.97. The number of nitrogens with one attached hydrogen (secondary N) is 1. The van der Waals surface area contributed by atoms with Crippen LogP contribution in [-0.2, 0) is 29.9 Å². The number of thiophene rings is 1. The molecule has 2 aromatic heterocycles. The fourth-order valence-electron chi connectivity index (χ4n) is 4.83. The molecule has 5 rings (SSSR count). The Morgan fingerprint density at radius 2 is 2.00 bits per heavy atom. The van der Waals surface area contributed by atoms with Gasteiger partial charge in [-0.05, 0) is 43.7 Å². The van der Waals surface area contributed by atoms with Gasteiger partial charge in [-0.25, -0.2) is 4.98 Å². The van der Waals surface area contributed by atoms with E-state index in [-0.39, 0.29) is 11.5 Å². The number of thioether (sulfide) groups is 1. The van der Waals surface area contributed by atoms with Crippen molar-refractivity contribution >= 4 is 39.2 Å². The van der Waals surface area contributed by atoms with E-state index in [1.165, 1.54) is 39.8 Å². The number of aromatic amines is 1. The first-order valence-electron chi connectivity index (χ1n) is 11.7. The highest BCUT2D eigenvalue weighted by Crippen LogP contribution is 2.33. The van der Waals surface area contributed by atoms with Crippen LogP contribution < -0.4 is 5.56 Å². The van der Waals surface area contributed by atoms with Crippen molar-refractivity contribution in [2.24, 2.45) is 0 Å². The number of piperazine rings is 1. The summed E-state index contributed by atoms with van der Waals surface area (Å²) in [7, 11) is 0. The van der Waals surface area contributed by atoms with Crippen molar-refractivity contribution in [2.75, 3.05) is 31.9 Å². The van der Waals surface area contributed by atoms with Crippen LogP contribution in [0.4, 0.5) is 0 Å². The van der Waals surface area contributed by atoms with Gasteiger partial charge in [0, 0.05) is 37.6 Å². The van der Waals surface area contributed by atoms with Crippen molar-refractivity contribution in [3.63, 3.8) is 0 Å². The normalized spacial score (nSPS) is 16.8. The van der Waals surface area contributed by atoms with E-state index < -0.39 is 0 Å². The number of carbonyl (C=O) groups excluding carboxylic acids is 1. The van der Waals surface area contributed by atoms with E-state index >= 15 is 0 Å². The minimum Gasteiger partial charge on any atom is -0.339 e. The van der Waals surface area contributed by atoms with Crippen LogP contribution in [0, 0.1) is 6.92 Å². The zero-order valence-electron chi connectivity index (χ0n) is 19.1. The molecule has 8 heteroatoms. The second kappa shape index (κ2) is 9.99. The summed E-state index contributed by atoms with van der Waals surface area (Å²) < 4.78 is 0. The molecule has 3 aromatic rings. The second-order valence-electron chi connectivity index (χ2n) is 9.04. The number of amides is 1. The number of hydrogen-bond donors (Lipinski definition) is 1. The monoisotopic (exact) mass is 482 g/mol. The van der Waals surface area contributed by atoms with Gasteiger partial charge < -0.3 is 9.88 Å². The van der Waals surface area contributed by atoms with Crippen LogP contribution in [0.3, 0.4) is 0 Å². The van der Waals surface area contributed by atoms with Crippen LogP contribution >= 0.6 is 23.1 Å². The van der Waals surface area contributed by atoms with Gasteiger partial charge in [0.15, 0.2) is 0 Å². The molecule has 1 N–H and O–H groups in total. The number of fused-ring (bicyclic) bond motifs is 3. The number of hydrogen-bond acceptors (Lipinski definition) is 6. The Balaban J connectivity index is 1.11. The molecule has 0 bridgehead atoms. The second-order valence-corrected chi connectivity index (χ2v) is 11.1. The molecule has 174 valence electrons. The van der Waals surface area contributed by atoms with Gasteiger partial charge in [0.2, 0.25) is 5.91 Å². The van der Waals surface area contributed by atoms with Gasteiger partial charge in [0.25, 0.3) is 5.56 Å².